The first-order valence-corrected chi connectivity index (χ1v) is 9.95. The number of aryl methyl sites for hydroxylation is 3. The predicted octanol–water partition coefficient (Wildman–Crippen LogP) is 4.90. The Bertz CT molecular complexity index is 1070. The third-order valence-corrected chi connectivity index (χ3v) is 6.04. The van der Waals surface area contributed by atoms with Crippen LogP contribution in [0.4, 0.5) is 0 Å². The number of aromatic nitrogens is 2. The number of likely N-dealkylation sites (N-methyl/N-ethyl adjacent to an activating group) is 1. The summed E-state index contributed by atoms with van der Waals surface area (Å²) >= 11 is 0. The smallest absolute Gasteiger partial charge is 0.0991 e. The lowest BCUT2D eigenvalue weighted by Gasteiger charge is -2.30. The van der Waals surface area contributed by atoms with Crippen molar-refractivity contribution < 1.29 is 0 Å². The summed E-state index contributed by atoms with van der Waals surface area (Å²) < 4.78 is 0. The van der Waals surface area contributed by atoms with Crippen molar-refractivity contribution in [3.63, 3.8) is 0 Å². The van der Waals surface area contributed by atoms with Gasteiger partial charge in [0.2, 0.25) is 0 Å². The van der Waals surface area contributed by atoms with E-state index in [-0.39, 0.29) is 0 Å². The molecule has 1 unspecified atom stereocenters. The van der Waals surface area contributed by atoms with Crippen molar-refractivity contribution in [2.75, 3.05) is 20.1 Å². The van der Waals surface area contributed by atoms with Gasteiger partial charge in [0, 0.05) is 17.5 Å². The van der Waals surface area contributed by atoms with Crippen LogP contribution >= 0.6 is 0 Å². The molecule has 4 heteroatoms. The van der Waals surface area contributed by atoms with Gasteiger partial charge in [-0.25, -0.2) is 0 Å². The zero-order valence-electron chi connectivity index (χ0n) is 17.1. The second-order valence-corrected chi connectivity index (χ2v) is 8.12. The van der Waals surface area contributed by atoms with E-state index in [0.717, 1.165) is 40.0 Å². The average molecular weight is 371 g/mol. The fourth-order valence-corrected chi connectivity index (χ4v) is 4.67. The lowest BCUT2D eigenvalue weighted by Crippen LogP contribution is -2.31. The number of likely N-dealkylation sites (tertiary alicyclic amines) is 1. The van der Waals surface area contributed by atoms with Gasteiger partial charge in [-0.1, -0.05) is 18.2 Å². The number of piperidine rings is 1. The molecule has 28 heavy (non-hydrogen) atoms. The highest BCUT2D eigenvalue weighted by molar-refractivity contribution is 5.90. The van der Waals surface area contributed by atoms with E-state index >= 15 is 0 Å². The average Bonchev–Trinajstić information content (AvgIpc) is 2.68. The normalized spacial score (nSPS) is 17.6. The Morgan fingerprint density at radius 3 is 2.54 bits per heavy atom. The zero-order chi connectivity index (χ0) is 19.8. The highest BCUT2D eigenvalue weighted by Gasteiger charge is 2.23. The van der Waals surface area contributed by atoms with Crippen molar-refractivity contribution in [1.82, 2.24) is 15.1 Å². The molecule has 2 heterocycles. The van der Waals surface area contributed by atoms with Gasteiger partial charge in [0.1, 0.15) is 0 Å². The number of rotatable bonds is 2. The fourth-order valence-electron chi connectivity index (χ4n) is 4.67. The van der Waals surface area contributed by atoms with E-state index in [1.807, 2.05) is 26.0 Å². The molecule has 1 fully saturated rings. The van der Waals surface area contributed by atoms with Crippen LogP contribution in [-0.2, 0) is 0 Å². The molecule has 0 saturated carbocycles. The van der Waals surface area contributed by atoms with Crippen molar-refractivity contribution in [3.05, 3.63) is 58.1 Å². The number of benzene rings is 2. The molecule has 1 aromatic heterocycles. The molecule has 3 aromatic rings. The van der Waals surface area contributed by atoms with Gasteiger partial charge in [-0.05, 0) is 87.5 Å². The molecule has 2 aromatic carbocycles. The molecule has 4 rings (SSSR count). The molecule has 4 nitrogen and oxygen atoms in total. The molecule has 0 bridgehead atoms. The minimum Gasteiger partial charge on any atom is -0.306 e. The standard InChI is InChI=1S/C24H26N4/c1-15-11-18(13-25)12-16(2)22(15)23-17(3)20-8-5-9-21(24(20)27-26-23)19-7-6-10-28(4)14-19/h5,8-9,11-12,19H,6-7,10,14H2,1-4H3. The van der Waals surface area contributed by atoms with Crippen LogP contribution in [0.5, 0.6) is 0 Å². The Hall–Kier alpha value is -2.77. The number of hydrogen-bond acceptors (Lipinski definition) is 4. The van der Waals surface area contributed by atoms with Crippen molar-refractivity contribution in [1.29, 1.82) is 5.26 Å². The SMILES string of the molecule is Cc1cc(C#N)cc(C)c1-c1nnc2c(C3CCCN(C)C3)cccc2c1C. The highest BCUT2D eigenvalue weighted by Crippen LogP contribution is 2.35. The van der Waals surface area contributed by atoms with E-state index in [0.29, 0.717) is 11.5 Å². The molecular weight excluding hydrogens is 344 g/mol. The Balaban J connectivity index is 1.86. The Kier molecular flexibility index (Phi) is 4.87. The summed E-state index contributed by atoms with van der Waals surface area (Å²) in [5.74, 6) is 0.514. The first-order chi connectivity index (χ1) is 13.5. The largest absolute Gasteiger partial charge is 0.306 e. The number of nitriles is 1. The van der Waals surface area contributed by atoms with Gasteiger partial charge in [0.25, 0.3) is 0 Å². The van der Waals surface area contributed by atoms with Gasteiger partial charge in [-0.3, -0.25) is 0 Å². The Morgan fingerprint density at radius 1 is 1.11 bits per heavy atom. The van der Waals surface area contributed by atoms with Gasteiger partial charge >= 0.3 is 0 Å². The number of fused-ring (bicyclic) bond motifs is 1. The van der Waals surface area contributed by atoms with Crippen molar-refractivity contribution >= 4 is 10.9 Å². The summed E-state index contributed by atoms with van der Waals surface area (Å²) in [6.07, 6.45) is 2.44. The first-order valence-electron chi connectivity index (χ1n) is 9.95. The molecular formula is C24H26N4. The molecule has 1 aliphatic heterocycles. The predicted molar refractivity (Wildman–Crippen MR) is 113 cm³/mol. The maximum Gasteiger partial charge on any atom is 0.0991 e. The van der Waals surface area contributed by atoms with Gasteiger partial charge in [0.15, 0.2) is 0 Å². The maximum absolute atomic E-state index is 9.24. The molecule has 0 spiro atoms. The summed E-state index contributed by atoms with van der Waals surface area (Å²) in [5, 5.41) is 19.8. The van der Waals surface area contributed by atoms with Crippen LogP contribution in [0, 0.1) is 32.1 Å². The first kappa shape index (κ1) is 18.6. The minimum absolute atomic E-state index is 0.514. The lowest BCUT2D eigenvalue weighted by atomic mass is 9.88. The van der Waals surface area contributed by atoms with Crippen LogP contribution in [0.25, 0.3) is 22.2 Å². The molecule has 1 atom stereocenters. The van der Waals surface area contributed by atoms with Crippen molar-refractivity contribution in [2.45, 2.75) is 39.5 Å². The van der Waals surface area contributed by atoms with E-state index in [1.165, 1.54) is 30.3 Å². The summed E-state index contributed by atoms with van der Waals surface area (Å²) in [7, 11) is 2.20. The molecule has 0 amide bonds. The van der Waals surface area contributed by atoms with Crippen LogP contribution in [0.2, 0.25) is 0 Å². The van der Waals surface area contributed by atoms with Gasteiger partial charge in [-0.15, -0.1) is 10.2 Å². The highest BCUT2D eigenvalue weighted by atomic mass is 15.1. The van der Waals surface area contributed by atoms with E-state index in [4.69, 9.17) is 5.10 Å². The van der Waals surface area contributed by atoms with E-state index in [9.17, 15) is 5.26 Å². The molecule has 142 valence electrons. The van der Waals surface area contributed by atoms with E-state index < -0.39 is 0 Å². The number of nitrogens with zero attached hydrogens (tertiary/aromatic N) is 4. The topological polar surface area (TPSA) is 52.8 Å². The van der Waals surface area contributed by atoms with Crippen molar-refractivity contribution in [2.24, 2.45) is 0 Å². The van der Waals surface area contributed by atoms with E-state index in [1.54, 1.807) is 0 Å². The molecule has 0 aliphatic carbocycles. The van der Waals surface area contributed by atoms with Gasteiger partial charge in [-0.2, -0.15) is 5.26 Å². The van der Waals surface area contributed by atoms with Crippen LogP contribution in [0.1, 0.15) is 46.6 Å². The molecule has 0 radical (unpaired) electrons. The maximum atomic E-state index is 9.24. The second kappa shape index (κ2) is 7.33. The quantitative estimate of drug-likeness (QED) is 0.644. The van der Waals surface area contributed by atoms with Gasteiger partial charge < -0.3 is 4.90 Å². The lowest BCUT2D eigenvalue weighted by molar-refractivity contribution is 0.251. The summed E-state index contributed by atoms with van der Waals surface area (Å²) in [6.45, 7) is 8.48. The minimum atomic E-state index is 0.514. The Labute approximate surface area is 166 Å². The summed E-state index contributed by atoms with van der Waals surface area (Å²) in [6, 6.07) is 12.6. The second-order valence-electron chi connectivity index (χ2n) is 8.12. The zero-order valence-corrected chi connectivity index (χ0v) is 17.1. The molecule has 1 saturated heterocycles. The number of hydrogen-bond donors (Lipinski definition) is 0. The van der Waals surface area contributed by atoms with Crippen LogP contribution < -0.4 is 0 Å². The van der Waals surface area contributed by atoms with E-state index in [2.05, 4.69) is 48.2 Å². The summed E-state index contributed by atoms with van der Waals surface area (Å²) in [4.78, 5) is 2.41. The Morgan fingerprint density at radius 2 is 1.86 bits per heavy atom. The van der Waals surface area contributed by atoms with Crippen LogP contribution in [0.3, 0.4) is 0 Å². The van der Waals surface area contributed by atoms with Crippen LogP contribution in [-0.4, -0.2) is 35.2 Å². The molecule has 0 N–H and O–H groups in total. The fraction of sp³-hybridized carbons (Fsp3) is 0.375. The van der Waals surface area contributed by atoms with Crippen molar-refractivity contribution in [3.8, 4) is 17.3 Å². The summed E-state index contributed by atoms with van der Waals surface area (Å²) in [5.41, 5.74) is 8.35. The van der Waals surface area contributed by atoms with Gasteiger partial charge in [0.05, 0.1) is 22.8 Å². The van der Waals surface area contributed by atoms with Crippen LogP contribution in [0.15, 0.2) is 30.3 Å². The third-order valence-electron chi connectivity index (χ3n) is 6.04. The monoisotopic (exact) mass is 370 g/mol. The molecule has 1 aliphatic rings. The third kappa shape index (κ3) is 3.16.